The first-order chi connectivity index (χ1) is 10.1. The van der Waals surface area contributed by atoms with Crippen LogP contribution in [-0.4, -0.2) is 59.8 Å². The number of ether oxygens (including phenoxy) is 1. The molecule has 7 nitrogen and oxygen atoms in total. The van der Waals surface area contributed by atoms with Gasteiger partial charge in [0.1, 0.15) is 0 Å². The van der Waals surface area contributed by atoms with E-state index < -0.39 is 0 Å². The van der Waals surface area contributed by atoms with E-state index in [0.717, 1.165) is 19.6 Å². The first kappa shape index (κ1) is 15.4. The van der Waals surface area contributed by atoms with Crippen LogP contribution in [0.15, 0.2) is 23.1 Å². The third-order valence-electron chi connectivity index (χ3n) is 3.56. The molecule has 1 aromatic rings. The number of aromatic nitrogens is 1. The number of nitrogens with zero attached hydrogens (tertiary/aromatic N) is 3. The monoisotopic (exact) mass is 294 g/mol. The predicted molar refractivity (Wildman–Crippen MR) is 80.1 cm³/mol. The second kappa shape index (κ2) is 7.12. The molecule has 0 atom stereocenters. The number of amides is 1. The summed E-state index contributed by atoms with van der Waals surface area (Å²) in [7, 11) is 0. The van der Waals surface area contributed by atoms with Gasteiger partial charge in [0, 0.05) is 57.2 Å². The van der Waals surface area contributed by atoms with Gasteiger partial charge in [-0.2, -0.15) is 0 Å². The molecule has 0 saturated carbocycles. The number of nitrogens with two attached hydrogens (primary N) is 1. The molecule has 7 heteroatoms. The predicted octanol–water partition coefficient (Wildman–Crippen LogP) is 0.205. The van der Waals surface area contributed by atoms with Crippen molar-refractivity contribution < 1.29 is 9.53 Å². The minimum absolute atomic E-state index is 0.0469. The van der Waals surface area contributed by atoms with Crippen LogP contribution < -0.4 is 11.3 Å². The number of nitrogen functional groups attached to an aromatic ring is 1. The fourth-order valence-corrected chi connectivity index (χ4v) is 2.34. The van der Waals surface area contributed by atoms with Crippen LogP contribution in [0.3, 0.4) is 0 Å². The summed E-state index contributed by atoms with van der Waals surface area (Å²) < 4.78 is 6.60. The van der Waals surface area contributed by atoms with Crippen molar-refractivity contribution in [2.45, 2.75) is 13.5 Å². The van der Waals surface area contributed by atoms with Crippen LogP contribution in [0.1, 0.15) is 6.92 Å². The van der Waals surface area contributed by atoms with Gasteiger partial charge in [-0.1, -0.05) is 0 Å². The van der Waals surface area contributed by atoms with Crippen molar-refractivity contribution in [1.82, 2.24) is 14.4 Å². The van der Waals surface area contributed by atoms with Gasteiger partial charge in [0.25, 0.3) is 5.56 Å². The maximum atomic E-state index is 11.7. The quantitative estimate of drug-likeness (QED) is 0.858. The summed E-state index contributed by atoms with van der Waals surface area (Å²) in [6, 6.07) is 3.09. The standard InChI is InChI=1S/C14H22N4O3/c1-2-21-14(20)17-8-5-16(6-9-17)7-10-18-11-12(15)3-4-13(18)19/h3-4,11H,2,5-10,15H2,1H3. The Morgan fingerprint density at radius 1 is 1.24 bits per heavy atom. The third-order valence-corrected chi connectivity index (χ3v) is 3.56. The Morgan fingerprint density at radius 2 is 1.95 bits per heavy atom. The summed E-state index contributed by atoms with van der Waals surface area (Å²) in [6.07, 6.45) is 1.42. The number of pyridine rings is 1. The summed E-state index contributed by atoms with van der Waals surface area (Å²) in [6.45, 7) is 6.46. The van der Waals surface area contributed by atoms with Gasteiger partial charge < -0.3 is 19.9 Å². The molecule has 1 aliphatic heterocycles. The van der Waals surface area contributed by atoms with Crippen molar-refractivity contribution in [3.63, 3.8) is 0 Å². The molecule has 0 spiro atoms. The van der Waals surface area contributed by atoms with E-state index in [9.17, 15) is 9.59 Å². The Morgan fingerprint density at radius 3 is 2.62 bits per heavy atom. The van der Waals surface area contributed by atoms with Crippen LogP contribution in [0, 0.1) is 0 Å². The fraction of sp³-hybridized carbons (Fsp3) is 0.571. The van der Waals surface area contributed by atoms with Gasteiger partial charge in [-0.15, -0.1) is 0 Å². The lowest BCUT2D eigenvalue weighted by Crippen LogP contribution is -2.49. The van der Waals surface area contributed by atoms with Crippen LogP contribution in [0.25, 0.3) is 0 Å². The normalized spacial score (nSPS) is 16.0. The zero-order valence-electron chi connectivity index (χ0n) is 12.3. The van der Waals surface area contributed by atoms with Crippen LogP contribution in [-0.2, 0) is 11.3 Å². The van der Waals surface area contributed by atoms with Crippen molar-refractivity contribution >= 4 is 11.8 Å². The van der Waals surface area contributed by atoms with Gasteiger partial charge in [-0.3, -0.25) is 9.69 Å². The molecule has 0 radical (unpaired) electrons. The van der Waals surface area contributed by atoms with E-state index in [1.807, 2.05) is 0 Å². The van der Waals surface area contributed by atoms with E-state index >= 15 is 0 Å². The Labute approximate surface area is 123 Å². The van der Waals surface area contributed by atoms with Gasteiger partial charge in [0.05, 0.1) is 6.61 Å². The Bertz CT molecular complexity index is 535. The summed E-state index contributed by atoms with van der Waals surface area (Å²) >= 11 is 0. The van der Waals surface area contributed by atoms with Gasteiger partial charge in [-0.05, 0) is 13.0 Å². The van der Waals surface area contributed by atoms with Crippen molar-refractivity contribution in [2.24, 2.45) is 0 Å². The number of piperazine rings is 1. The average molecular weight is 294 g/mol. The van der Waals surface area contributed by atoms with Gasteiger partial charge in [-0.25, -0.2) is 4.79 Å². The lowest BCUT2D eigenvalue weighted by atomic mass is 10.3. The van der Waals surface area contributed by atoms with Crippen LogP contribution in [0.2, 0.25) is 0 Å². The second-order valence-electron chi connectivity index (χ2n) is 5.02. The van der Waals surface area contributed by atoms with Crippen LogP contribution in [0.4, 0.5) is 10.5 Å². The minimum Gasteiger partial charge on any atom is -0.450 e. The minimum atomic E-state index is -0.246. The number of carbonyl (C=O) groups is 1. The maximum absolute atomic E-state index is 11.7. The van der Waals surface area contributed by atoms with Gasteiger partial charge in [0.15, 0.2) is 0 Å². The van der Waals surface area contributed by atoms with Crippen molar-refractivity contribution in [3.05, 3.63) is 28.7 Å². The number of rotatable bonds is 4. The number of hydrogen-bond donors (Lipinski definition) is 1. The molecule has 21 heavy (non-hydrogen) atoms. The number of hydrogen-bond acceptors (Lipinski definition) is 5. The molecule has 1 aliphatic rings. The lowest BCUT2D eigenvalue weighted by Gasteiger charge is -2.34. The molecule has 116 valence electrons. The molecule has 0 unspecified atom stereocenters. The molecular formula is C14H22N4O3. The Kier molecular flexibility index (Phi) is 5.21. The zero-order valence-corrected chi connectivity index (χ0v) is 12.3. The summed E-state index contributed by atoms with van der Waals surface area (Å²) in [5.41, 5.74) is 6.22. The third kappa shape index (κ3) is 4.22. The van der Waals surface area contributed by atoms with E-state index in [-0.39, 0.29) is 11.7 Å². The highest BCUT2D eigenvalue weighted by Gasteiger charge is 2.21. The van der Waals surface area contributed by atoms with E-state index in [4.69, 9.17) is 10.5 Å². The summed E-state index contributed by atoms with van der Waals surface area (Å²) in [5, 5.41) is 0. The Balaban J connectivity index is 1.80. The molecule has 0 aromatic carbocycles. The fourth-order valence-electron chi connectivity index (χ4n) is 2.34. The van der Waals surface area contributed by atoms with Crippen molar-refractivity contribution in [1.29, 1.82) is 0 Å². The van der Waals surface area contributed by atoms with Crippen LogP contribution >= 0.6 is 0 Å². The summed E-state index contributed by atoms with van der Waals surface area (Å²) in [5.74, 6) is 0. The SMILES string of the molecule is CCOC(=O)N1CCN(CCn2cc(N)ccc2=O)CC1. The van der Waals surface area contributed by atoms with E-state index in [2.05, 4.69) is 4.90 Å². The highest BCUT2D eigenvalue weighted by molar-refractivity contribution is 5.67. The molecule has 1 fully saturated rings. The summed E-state index contributed by atoms with van der Waals surface area (Å²) in [4.78, 5) is 27.2. The lowest BCUT2D eigenvalue weighted by molar-refractivity contribution is 0.0787. The van der Waals surface area contributed by atoms with Crippen LogP contribution in [0.5, 0.6) is 0 Å². The zero-order chi connectivity index (χ0) is 15.2. The smallest absolute Gasteiger partial charge is 0.409 e. The molecule has 0 bridgehead atoms. The first-order valence-corrected chi connectivity index (χ1v) is 7.20. The van der Waals surface area contributed by atoms with E-state index in [1.54, 1.807) is 28.7 Å². The first-order valence-electron chi connectivity index (χ1n) is 7.20. The molecule has 1 saturated heterocycles. The highest BCUT2D eigenvalue weighted by Crippen LogP contribution is 2.04. The number of carbonyl (C=O) groups excluding carboxylic acids is 1. The molecule has 2 rings (SSSR count). The topological polar surface area (TPSA) is 80.8 Å². The van der Waals surface area contributed by atoms with Gasteiger partial charge in [0.2, 0.25) is 0 Å². The molecule has 1 aromatic heterocycles. The molecular weight excluding hydrogens is 272 g/mol. The number of anilines is 1. The highest BCUT2D eigenvalue weighted by atomic mass is 16.6. The maximum Gasteiger partial charge on any atom is 0.409 e. The van der Waals surface area contributed by atoms with E-state index in [1.165, 1.54) is 6.07 Å². The largest absolute Gasteiger partial charge is 0.450 e. The van der Waals surface area contributed by atoms with E-state index in [0.29, 0.717) is 31.9 Å². The van der Waals surface area contributed by atoms with Crippen molar-refractivity contribution in [3.8, 4) is 0 Å². The molecule has 2 heterocycles. The Hall–Kier alpha value is -2.02. The molecule has 0 aliphatic carbocycles. The average Bonchev–Trinajstić information content (AvgIpc) is 2.49. The second-order valence-corrected chi connectivity index (χ2v) is 5.02. The van der Waals surface area contributed by atoms with Crippen molar-refractivity contribution in [2.75, 3.05) is 45.1 Å². The van der Waals surface area contributed by atoms with Gasteiger partial charge >= 0.3 is 6.09 Å². The molecule has 1 amide bonds. The molecule has 2 N–H and O–H groups in total.